The quantitative estimate of drug-likeness (QED) is 0.275. The van der Waals surface area contributed by atoms with Crippen LogP contribution in [0, 0.1) is 6.92 Å². The second-order valence-electron chi connectivity index (χ2n) is 9.90. The number of para-hydroxylation sites is 1. The number of rotatable bonds is 6. The number of benzene rings is 2. The smallest absolute Gasteiger partial charge is 0.259 e. The molecule has 6 rings (SSSR count). The normalized spacial score (nSPS) is 13.4. The topological polar surface area (TPSA) is 116 Å². The Bertz CT molecular complexity index is 1800. The fourth-order valence-electron chi connectivity index (χ4n) is 5.10. The van der Waals surface area contributed by atoms with Crippen molar-refractivity contribution < 1.29 is 4.79 Å². The van der Waals surface area contributed by atoms with Gasteiger partial charge in [-0.1, -0.05) is 60.7 Å². The summed E-state index contributed by atoms with van der Waals surface area (Å²) in [5.41, 5.74) is 13.1. The number of hydrogen-bond acceptors (Lipinski definition) is 6. The van der Waals surface area contributed by atoms with Crippen molar-refractivity contribution in [1.29, 1.82) is 0 Å². The van der Waals surface area contributed by atoms with Gasteiger partial charge in [0.15, 0.2) is 5.82 Å². The lowest BCUT2D eigenvalue weighted by molar-refractivity contribution is 0.0941. The summed E-state index contributed by atoms with van der Waals surface area (Å²) in [5, 5.41) is 16.0. The van der Waals surface area contributed by atoms with E-state index in [-0.39, 0.29) is 17.8 Å². The van der Waals surface area contributed by atoms with Crippen LogP contribution in [0.4, 0.5) is 11.6 Å². The molecular formula is C31H30N8O. The number of fused-ring (bicyclic) bond motifs is 2. The number of anilines is 2. The zero-order valence-electron chi connectivity index (χ0n) is 22.6. The first-order valence-electron chi connectivity index (χ1n) is 13.2. The molecule has 0 saturated carbocycles. The van der Waals surface area contributed by atoms with E-state index in [0.717, 1.165) is 44.5 Å². The molecule has 9 nitrogen and oxygen atoms in total. The van der Waals surface area contributed by atoms with Crippen molar-refractivity contribution in [3.8, 4) is 11.3 Å². The molecule has 1 atom stereocenters. The first kappa shape index (κ1) is 25.1. The molecule has 0 spiro atoms. The Kier molecular flexibility index (Phi) is 6.39. The molecule has 5 aromatic rings. The maximum absolute atomic E-state index is 13.5. The van der Waals surface area contributed by atoms with Crippen LogP contribution >= 0.6 is 0 Å². The van der Waals surface area contributed by atoms with Crippen LogP contribution in [0.1, 0.15) is 45.7 Å². The Morgan fingerprint density at radius 1 is 1.10 bits per heavy atom. The van der Waals surface area contributed by atoms with E-state index in [1.165, 1.54) is 0 Å². The molecule has 4 N–H and O–H groups in total. The van der Waals surface area contributed by atoms with Crippen molar-refractivity contribution in [2.45, 2.75) is 19.9 Å². The average Bonchev–Trinajstić information content (AvgIpc) is 3.47. The number of aryl methyl sites for hydroxylation is 2. The van der Waals surface area contributed by atoms with Gasteiger partial charge in [-0.2, -0.15) is 5.10 Å². The van der Waals surface area contributed by atoms with Gasteiger partial charge in [0.1, 0.15) is 11.4 Å². The lowest BCUT2D eigenvalue weighted by Crippen LogP contribution is -2.28. The predicted octanol–water partition coefficient (Wildman–Crippen LogP) is 5.28. The first-order valence-corrected chi connectivity index (χ1v) is 13.2. The Morgan fingerprint density at radius 3 is 2.67 bits per heavy atom. The van der Waals surface area contributed by atoms with Crippen molar-refractivity contribution in [1.82, 2.24) is 29.9 Å². The summed E-state index contributed by atoms with van der Waals surface area (Å²) in [7, 11) is 1.92. The average molecular weight is 531 g/mol. The third kappa shape index (κ3) is 4.62. The van der Waals surface area contributed by atoms with Gasteiger partial charge in [-0.05, 0) is 26.0 Å². The van der Waals surface area contributed by atoms with Gasteiger partial charge in [-0.25, -0.2) is 9.67 Å². The number of aromatic nitrogens is 5. The summed E-state index contributed by atoms with van der Waals surface area (Å²) in [6.07, 6.45) is 9.85. The minimum atomic E-state index is -0.356. The first-order chi connectivity index (χ1) is 19.4. The molecule has 1 aliphatic heterocycles. The largest absolute Gasteiger partial charge is 0.381 e. The highest BCUT2D eigenvalue weighted by Gasteiger charge is 2.25. The number of hydrogen-bond donors (Lipinski definition) is 3. The third-order valence-electron chi connectivity index (χ3n) is 7.06. The highest BCUT2D eigenvalue weighted by Crippen LogP contribution is 2.33. The number of amides is 1. The Labute approximate surface area is 232 Å². The molecule has 200 valence electrons. The van der Waals surface area contributed by atoms with Crippen LogP contribution in [0.25, 0.3) is 40.5 Å². The molecule has 9 heteroatoms. The van der Waals surface area contributed by atoms with Crippen LogP contribution in [-0.2, 0) is 7.05 Å². The van der Waals surface area contributed by atoms with Gasteiger partial charge in [0.25, 0.3) is 5.91 Å². The highest BCUT2D eigenvalue weighted by atomic mass is 16.1. The minimum absolute atomic E-state index is 0.180. The molecule has 3 aromatic heterocycles. The fraction of sp³-hybridized carbons (Fsp3) is 0.161. The number of carbonyl (C=O) groups is 1. The summed E-state index contributed by atoms with van der Waals surface area (Å²) in [4.78, 5) is 18.6. The van der Waals surface area contributed by atoms with Gasteiger partial charge in [0.05, 0.1) is 22.9 Å². The lowest BCUT2D eigenvalue weighted by atomic mass is 9.97. The van der Waals surface area contributed by atoms with E-state index in [1.807, 2.05) is 80.3 Å². The van der Waals surface area contributed by atoms with Crippen molar-refractivity contribution in [3.05, 3.63) is 94.8 Å². The standard InChI is InChI=1S/C31H30N8O/c1-19-24(18-38(3)36-19)14-13-22-11-7-12-23-17-25(28(35-27(22)23)21-9-5-4-6-10-21)20(2)34-31(40)26-29(32)37-39-16-8-15-33-30(26)39/h4-14,16-18,20,33H,15H2,1-3H3,(H2,32,37)(H,34,40)/b14-13+. The van der Waals surface area contributed by atoms with Gasteiger partial charge in [0.2, 0.25) is 0 Å². The van der Waals surface area contributed by atoms with Crippen molar-refractivity contribution in [2.75, 3.05) is 17.6 Å². The Morgan fingerprint density at radius 2 is 1.90 bits per heavy atom. The van der Waals surface area contributed by atoms with E-state index < -0.39 is 0 Å². The van der Waals surface area contributed by atoms with Crippen molar-refractivity contribution in [3.63, 3.8) is 0 Å². The number of nitrogens with two attached hydrogens (primary N) is 1. The zero-order chi connectivity index (χ0) is 27.8. The van der Waals surface area contributed by atoms with E-state index in [2.05, 4.69) is 45.1 Å². The maximum atomic E-state index is 13.5. The number of nitrogens with one attached hydrogen (secondary N) is 2. The fourth-order valence-corrected chi connectivity index (χ4v) is 5.10. The second-order valence-corrected chi connectivity index (χ2v) is 9.90. The maximum Gasteiger partial charge on any atom is 0.259 e. The molecule has 0 fully saturated rings. The van der Waals surface area contributed by atoms with Crippen LogP contribution in [0.5, 0.6) is 0 Å². The van der Waals surface area contributed by atoms with E-state index >= 15 is 0 Å². The van der Waals surface area contributed by atoms with Gasteiger partial charge in [-0.3, -0.25) is 9.48 Å². The van der Waals surface area contributed by atoms with Crippen LogP contribution < -0.4 is 16.4 Å². The molecule has 0 bridgehead atoms. The second kappa shape index (κ2) is 10.2. The van der Waals surface area contributed by atoms with E-state index in [0.29, 0.717) is 17.9 Å². The molecule has 1 amide bonds. The third-order valence-corrected chi connectivity index (χ3v) is 7.06. The van der Waals surface area contributed by atoms with E-state index in [4.69, 9.17) is 10.7 Å². The van der Waals surface area contributed by atoms with E-state index in [9.17, 15) is 4.79 Å². The van der Waals surface area contributed by atoms with Gasteiger partial charge in [0, 0.05) is 53.6 Å². The van der Waals surface area contributed by atoms with Crippen LogP contribution in [0.3, 0.4) is 0 Å². The van der Waals surface area contributed by atoms with Crippen molar-refractivity contribution in [2.24, 2.45) is 7.05 Å². The molecule has 4 heterocycles. The van der Waals surface area contributed by atoms with Gasteiger partial charge < -0.3 is 16.4 Å². The molecular weight excluding hydrogens is 500 g/mol. The molecule has 1 unspecified atom stereocenters. The Hall–Kier alpha value is -5.18. The molecule has 2 aromatic carbocycles. The summed E-state index contributed by atoms with van der Waals surface area (Å²) in [6.45, 7) is 4.56. The number of carbonyl (C=O) groups excluding carboxylic acids is 1. The van der Waals surface area contributed by atoms with Crippen LogP contribution in [-0.4, -0.2) is 37.0 Å². The minimum Gasteiger partial charge on any atom is -0.381 e. The highest BCUT2D eigenvalue weighted by molar-refractivity contribution is 6.04. The van der Waals surface area contributed by atoms with Crippen LogP contribution in [0.15, 0.2) is 66.9 Å². The molecule has 0 saturated heterocycles. The van der Waals surface area contributed by atoms with Gasteiger partial charge in [-0.15, -0.1) is 5.10 Å². The number of nitrogens with zero attached hydrogens (tertiary/aromatic N) is 5. The molecule has 0 aliphatic carbocycles. The molecule has 40 heavy (non-hydrogen) atoms. The van der Waals surface area contributed by atoms with E-state index in [1.54, 1.807) is 10.9 Å². The Balaban J connectivity index is 1.41. The lowest BCUT2D eigenvalue weighted by Gasteiger charge is -2.20. The van der Waals surface area contributed by atoms with Gasteiger partial charge >= 0.3 is 0 Å². The monoisotopic (exact) mass is 530 g/mol. The summed E-state index contributed by atoms with van der Waals surface area (Å²) in [5.74, 6) is 0.473. The predicted molar refractivity (Wildman–Crippen MR) is 160 cm³/mol. The summed E-state index contributed by atoms with van der Waals surface area (Å²) in [6, 6.07) is 17.9. The van der Waals surface area contributed by atoms with Crippen LogP contribution in [0.2, 0.25) is 0 Å². The number of nitrogen functional groups attached to an aromatic ring is 1. The summed E-state index contributed by atoms with van der Waals surface area (Å²) < 4.78 is 3.40. The molecule has 0 radical (unpaired) electrons. The summed E-state index contributed by atoms with van der Waals surface area (Å²) >= 11 is 0. The number of pyridine rings is 1. The van der Waals surface area contributed by atoms with Crippen molar-refractivity contribution >= 4 is 46.8 Å². The SMILES string of the molecule is Cc1nn(C)cc1/C=C/c1cccc2cc(C(C)NC(=O)c3c(N)nn4c3NCC=C4)c(-c3ccccc3)nc12. The molecule has 1 aliphatic rings. The zero-order valence-corrected chi connectivity index (χ0v) is 22.6.